The van der Waals surface area contributed by atoms with Gasteiger partial charge in [-0.05, 0) is 61.4 Å². The summed E-state index contributed by atoms with van der Waals surface area (Å²) < 4.78 is 50.1. The number of alkyl halides is 3. The first kappa shape index (κ1) is 47.0. The Morgan fingerprint density at radius 3 is 1.73 bits per heavy atom. The molecule has 1 aliphatic carbocycles. The average Bonchev–Trinajstić information content (AvgIpc) is 3.32. The maximum atomic E-state index is 13.8. The van der Waals surface area contributed by atoms with Gasteiger partial charge >= 0.3 is 6.18 Å². The molecule has 2 saturated heterocycles. The normalized spacial score (nSPS) is 16.4. The minimum atomic E-state index is -4.34. The molecule has 340 valence electrons. The van der Waals surface area contributed by atoms with Crippen molar-refractivity contribution in [1.82, 2.24) is 14.7 Å². The zero-order valence-electron chi connectivity index (χ0n) is 37.3. The Balaban J connectivity index is 0.000000219. The quantitative estimate of drug-likeness (QED) is 0.135. The molecule has 2 aliphatic heterocycles. The fourth-order valence-corrected chi connectivity index (χ4v) is 8.73. The largest absolute Gasteiger partial charge is 0.495 e. The molecule has 11 nitrogen and oxygen atoms in total. The second-order valence-electron chi connectivity index (χ2n) is 16.5. The molecule has 14 heteroatoms. The highest BCUT2D eigenvalue weighted by molar-refractivity contribution is 6.05. The maximum Gasteiger partial charge on any atom is 0.418 e. The van der Waals surface area contributed by atoms with Crippen molar-refractivity contribution < 1.29 is 32.2 Å². The average molecular weight is 872 g/mol. The van der Waals surface area contributed by atoms with Crippen molar-refractivity contribution in [2.75, 3.05) is 127 Å². The summed E-state index contributed by atoms with van der Waals surface area (Å²) >= 11 is 0. The number of nitrogens with zero attached hydrogens (tertiary/aromatic N) is 6. The van der Waals surface area contributed by atoms with Crippen molar-refractivity contribution in [2.24, 2.45) is 5.92 Å². The third-order valence-electron chi connectivity index (χ3n) is 12.3. The maximum absolute atomic E-state index is 13.8. The molecule has 63 heavy (non-hydrogen) atoms. The van der Waals surface area contributed by atoms with Crippen molar-refractivity contribution in [3.05, 3.63) is 108 Å². The van der Waals surface area contributed by atoms with Gasteiger partial charge in [0.05, 0.1) is 42.4 Å². The Morgan fingerprint density at radius 1 is 0.667 bits per heavy atom. The number of hydrogen-bond donors (Lipinski definition) is 1. The molecule has 0 aromatic heterocycles. The van der Waals surface area contributed by atoms with Gasteiger partial charge in [0.25, 0.3) is 5.91 Å². The predicted octanol–water partition coefficient (Wildman–Crippen LogP) is 8.08. The number of nitrogens with one attached hydrogen (secondary N) is 1. The lowest BCUT2D eigenvalue weighted by atomic mass is 9.88. The molecule has 2 heterocycles. The molecular weight excluding hydrogens is 808 g/mol. The number of carbonyl (C=O) groups is 2. The van der Waals surface area contributed by atoms with E-state index in [0.717, 1.165) is 119 Å². The summed E-state index contributed by atoms with van der Waals surface area (Å²) in [6.07, 6.45) is 0.953. The number of anilines is 4. The van der Waals surface area contributed by atoms with Gasteiger partial charge in [0.2, 0.25) is 5.91 Å². The van der Waals surface area contributed by atoms with Crippen molar-refractivity contribution in [2.45, 2.75) is 38.3 Å². The van der Waals surface area contributed by atoms with Crippen LogP contribution in [-0.4, -0.2) is 133 Å². The Bertz CT molecular complexity index is 2060. The Hall–Kier alpha value is -5.47. The number of amides is 2. The van der Waals surface area contributed by atoms with Crippen molar-refractivity contribution >= 4 is 34.6 Å². The molecule has 4 aromatic rings. The van der Waals surface area contributed by atoms with Crippen molar-refractivity contribution in [3.63, 3.8) is 0 Å². The van der Waals surface area contributed by atoms with Crippen LogP contribution in [0.5, 0.6) is 11.5 Å². The second-order valence-corrected chi connectivity index (χ2v) is 16.5. The lowest BCUT2D eigenvalue weighted by Crippen LogP contribution is -2.50. The molecule has 0 spiro atoms. The zero-order chi connectivity index (χ0) is 44.8. The smallest absolute Gasteiger partial charge is 0.418 e. The first-order valence-corrected chi connectivity index (χ1v) is 22.2. The molecule has 0 radical (unpaired) electrons. The molecule has 1 N–H and O–H groups in total. The highest BCUT2D eigenvalue weighted by Crippen LogP contribution is 2.35. The fourth-order valence-electron chi connectivity index (χ4n) is 8.73. The summed E-state index contributed by atoms with van der Waals surface area (Å²) in [6.45, 7) is 9.64. The van der Waals surface area contributed by atoms with Crippen LogP contribution in [0.2, 0.25) is 0 Å². The fraction of sp³-hybridized carbons (Fsp3) is 0.469. The van der Waals surface area contributed by atoms with E-state index in [1.165, 1.54) is 18.6 Å². The first-order chi connectivity index (χ1) is 30.5. The summed E-state index contributed by atoms with van der Waals surface area (Å²) in [5, 5.41) is 2.93. The molecular formula is C49H64F3N7O4. The van der Waals surface area contributed by atoms with Crippen LogP contribution in [0.4, 0.5) is 35.9 Å². The van der Waals surface area contributed by atoms with Gasteiger partial charge in [-0.2, -0.15) is 13.2 Å². The third-order valence-corrected chi connectivity index (χ3v) is 12.3. The van der Waals surface area contributed by atoms with Crippen LogP contribution in [0.15, 0.2) is 97.1 Å². The molecule has 0 atom stereocenters. The number of halogens is 3. The predicted molar refractivity (Wildman–Crippen MR) is 247 cm³/mol. The lowest BCUT2D eigenvalue weighted by molar-refractivity contribution is -0.137. The van der Waals surface area contributed by atoms with Crippen LogP contribution >= 0.6 is 0 Å². The van der Waals surface area contributed by atoms with E-state index >= 15 is 0 Å². The highest BCUT2D eigenvalue weighted by Gasteiger charge is 2.33. The van der Waals surface area contributed by atoms with E-state index in [1.54, 1.807) is 39.3 Å². The van der Waals surface area contributed by atoms with Crippen LogP contribution in [-0.2, 0) is 11.0 Å². The summed E-state index contributed by atoms with van der Waals surface area (Å²) in [4.78, 5) is 39.6. The number of carbonyl (C=O) groups excluding carboxylic acids is 2. The summed E-state index contributed by atoms with van der Waals surface area (Å²) in [7, 11) is 6.90. The standard InChI is InChI=1S/C29H40N4O3.C20H24F3N3O/c1-30(2)29(35)24-13-7-8-14-25(24)33(28(34)23-11-5-4-6-12-23)22-19-31-17-20-32(21-18-31)26-15-9-10-16-27(26)36-3;1-27-19-9-5-4-8-18(19)26-14-12-25(13-15-26)11-10-24-17-7-3-2-6-16(17)20(21,22)23/h7-10,13-16,23H,4-6,11-12,17-22H2,1-3H3;2-9,24H,10-15H2,1H3. The Kier molecular flexibility index (Phi) is 17.0. The number of methoxy groups -OCH3 is 2. The van der Waals surface area contributed by atoms with Crippen molar-refractivity contribution in [1.29, 1.82) is 0 Å². The molecule has 0 unspecified atom stereocenters. The van der Waals surface area contributed by atoms with Gasteiger partial charge in [0.1, 0.15) is 11.5 Å². The van der Waals surface area contributed by atoms with Gasteiger partial charge in [-0.15, -0.1) is 0 Å². The van der Waals surface area contributed by atoms with E-state index < -0.39 is 11.7 Å². The summed E-state index contributed by atoms with van der Waals surface area (Å²) in [6, 6.07) is 29.3. The molecule has 2 amide bonds. The van der Waals surface area contributed by atoms with Crippen LogP contribution in [0.25, 0.3) is 0 Å². The number of rotatable bonds is 14. The number of benzene rings is 4. The van der Waals surface area contributed by atoms with Crippen LogP contribution in [0, 0.1) is 5.92 Å². The summed E-state index contributed by atoms with van der Waals surface area (Å²) in [5.74, 6) is 1.90. The molecule has 7 rings (SSSR count). The van der Waals surface area contributed by atoms with Gasteiger partial charge in [-0.3, -0.25) is 19.4 Å². The molecule has 1 saturated carbocycles. The van der Waals surface area contributed by atoms with E-state index in [2.05, 4.69) is 31.0 Å². The Labute approximate surface area is 371 Å². The number of piperazine rings is 2. The van der Waals surface area contributed by atoms with Gasteiger partial charge in [0, 0.05) is 104 Å². The van der Waals surface area contributed by atoms with Crippen LogP contribution in [0.3, 0.4) is 0 Å². The monoisotopic (exact) mass is 871 g/mol. The molecule has 3 aliphatic rings. The van der Waals surface area contributed by atoms with Gasteiger partial charge in [-0.1, -0.05) is 67.8 Å². The van der Waals surface area contributed by atoms with E-state index in [0.29, 0.717) is 25.2 Å². The minimum Gasteiger partial charge on any atom is -0.495 e. The Morgan fingerprint density at radius 2 is 1.17 bits per heavy atom. The molecule has 0 bridgehead atoms. The first-order valence-electron chi connectivity index (χ1n) is 22.2. The number of hydrogen-bond acceptors (Lipinski definition) is 9. The lowest BCUT2D eigenvalue weighted by Gasteiger charge is -2.38. The molecule has 3 fully saturated rings. The number of para-hydroxylation sites is 6. The van der Waals surface area contributed by atoms with Gasteiger partial charge in [-0.25, -0.2) is 0 Å². The van der Waals surface area contributed by atoms with Gasteiger partial charge in [0.15, 0.2) is 0 Å². The van der Waals surface area contributed by atoms with Crippen LogP contribution < -0.4 is 29.5 Å². The minimum absolute atomic E-state index is 0.0451. The van der Waals surface area contributed by atoms with E-state index in [1.807, 2.05) is 71.6 Å². The number of ether oxygens (including phenoxy) is 2. The van der Waals surface area contributed by atoms with E-state index in [-0.39, 0.29) is 23.4 Å². The zero-order valence-corrected chi connectivity index (χ0v) is 37.3. The van der Waals surface area contributed by atoms with Gasteiger partial charge < -0.3 is 34.4 Å². The summed E-state index contributed by atoms with van der Waals surface area (Å²) in [5.41, 5.74) is 3.05. The SMILES string of the molecule is COc1ccccc1N1CCN(CCN(C(=O)C2CCCCC2)c2ccccc2C(=O)N(C)C)CC1.COc1ccccc1N1CCN(CCNc2ccccc2C(F)(F)F)CC1. The van der Waals surface area contributed by atoms with Crippen molar-refractivity contribution in [3.8, 4) is 11.5 Å². The van der Waals surface area contributed by atoms with E-state index in [9.17, 15) is 22.8 Å². The topological polar surface area (TPSA) is 84.1 Å². The second kappa shape index (κ2) is 22.8. The molecule has 4 aromatic carbocycles. The highest BCUT2D eigenvalue weighted by atomic mass is 19.4. The van der Waals surface area contributed by atoms with Crippen LogP contribution in [0.1, 0.15) is 48.0 Å². The van der Waals surface area contributed by atoms with E-state index in [4.69, 9.17) is 9.47 Å². The third kappa shape index (κ3) is 12.6.